The predicted molar refractivity (Wildman–Crippen MR) is 94.3 cm³/mol. The molecule has 1 aromatic rings. The normalized spacial score (nSPS) is 36.3. The molecule has 3 heterocycles. The molecule has 136 valence electrons. The lowest BCUT2D eigenvalue weighted by Gasteiger charge is -2.33. The van der Waals surface area contributed by atoms with Crippen LogP contribution in [0.1, 0.15) is 69.0 Å². The molecule has 1 aromatic heterocycles. The molecule has 5 heteroatoms. The number of rotatable bonds is 1. The molecule has 0 aromatic carbocycles. The second-order valence-corrected chi connectivity index (χ2v) is 8.32. The maximum absolute atomic E-state index is 14.6. The second-order valence-electron chi connectivity index (χ2n) is 8.32. The Labute approximate surface area is 153 Å². The number of aromatic nitrogens is 1. The van der Waals surface area contributed by atoms with Gasteiger partial charge in [-0.2, -0.15) is 0 Å². The number of halogens is 1. The lowest BCUT2D eigenvalue weighted by molar-refractivity contribution is -0.142. The number of likely N-dealkylation sites (tertiary alicyclic amines) is 1. The van der Waals surface area contributed by atoms with Crippen LogP contribution in [0.15, 0.2) is 12.4 Å². The Hall–Kier alpha value is -2.09. The highest BCUT2D eigenvalue weighted by atomic mass is 19.1. The molecule has 4 nitrogen and oxygen atoms in total. The number of carbonyl (C=O) groups is 1. The smallest absolute Gasteiger partial charge is 0.229 e. The molecule has 0 N–H and O–H groups in total. The van der Waals surface area contributed by atoms with Gasteiger partial charge in [-0.1, -0.05) is 18.8 Å². The third-order valence-corrected chi connectivity index (χ3v) is 6.70. The Morgan fingerprint density at radius 3 is 2.88 bits per heavy atom. The standard InChI is InChI=1S/C21H23FN2O2/c1-2-3-4-14-10-23-11-16-17-9-15(26-18(14)16)12-24(17)19(25)20-5-7-21(22,13-20)8-6-20/h10-11,15,17H,2,5-9,12-13H2,1H3/t15-,17-,20?,21?/m0/s1. The second kappa shape index (κ2) is 5.45. The van der Waals surface area contributed by atoms with Crippen LogP contribution in [0.4, 0.5) is 4.39 Å². The minimum atomic E-state index is -1.11. The Morgan fingerprint density at radius 2 is 2.19 bits per heavy atom. The largest absolute Gasteiger partial charge is 0.487 e. The van der Waals surface area contributed by atoms with Gasteiger partial charge < -0.3 is 9.64 Å². The summed E-state index contributed by atoms with van der Waals surface area (Å²) in [5, 5.41) is 0. The van der Waals surface area contributed by atoms with E-state index >= 15 is 0 Å². The summed E-state index contributed by atoms with van der Waals surface area (Å²) < 4.78 is 20.8. The minimum Gasteiger partial charge on any atom is -0.487 e. The van der Waals surface area contributed by atoms with Crippen molar-refractivity contribution in [1.82, 2.24) is 9.88 Å². The number of alkyl halides is 1. The van der Waals surface area contributed by atoms with E-state index in [1.807, 2.05) is 11.8 Å². The van der Waals surface area contributed by atoms with Crippen molar-refractivity contribution >= 4 is 5.91 Å². The molecule has 0 spiro atoms. The van der Waals surface area contributed by atoms with Gasteiger partial charge in [0.1, 0.15) is 17.5 Å². The van der Waals surface area contributed by atoms with Gasteiger partial charge in [0.05, 0.1) is 23.6 Å². The lowest BCUT2D eigenvalue weighted by Crippen LogP contribution is -2.41. The van der Waals surface area contributed by atoms with E-state index in [0.717, 1.165) is 29.7 Å². The van der Waals surface area contributed by atoms with Gasteiger partial charge in [0.2, 0.25) is 5.91 Å². The van der Waals surface area contributed by atoms with Gasteiger partial charge in [0, 0.05) is 30.8 Å². The van der Waals surface area contributed by atoms with Crippen LogP contribution in [0.5, 0.6) is 5.75 Å². The van der Waals surface area contributed by atoms with Crippen molar-refractivity contribution in [3.05, 3.63) is 23.5 Å². The minimum absolute atomic E-state index is 0.00429. The molecule has 2 saturated carbocycles. The first kappa shape index (κ1) is 16.1. The summed E-state index contributed by atoms with van der Waals surface area (Å²) in [5.41, 5.74) is 0.160. The number of hydrogen-bond donors (Lipinski definition) is 0. The first-order valence-electron chi connectivity index (χ1n) is 9.67. The molecule has 4 bridgehead atoms. The fourth-order valence-corrected chi connectivity index (χ4v) is 5.41. The lowest BCUT2D eigenvalue weighted by atomic mass is 9.82. The number of hydrogen-bond acceptors (Lipinski definition) is 3. The first-order chi connectivity index (χ1) is 12.5. The van der Waals surface area contributed by atoms with Crippen molar-refractivity contribution in [2.45, 2.75) is 69.7 Å². The van der Waals surface area contributed by atoms with E-state index in [9.17, 15) is 9.18 Å². The maximum atomic E-state index is 14.6. The van der Waals surface area contributed by atoms with Crippen LogP contribution < -0.4 is 4.74 Å². The Balaban J connectivity index is 1.48. The SMILES string of the molecule is CCC#Cc1cncc2c1O[C@H]1C[C@@H]2N(C(=O)C23CCC(F)(CC2)C3)C1. The van der Waals surface area contributed by atoms with E-state index in [4.69, 9.17) is 4.74 Å². The fourth-order valence-electron chi connectivity index (χ4n) is 5.41. The highest BCUT2D eigenvalue weighted by Gasteiger charge is 2.61. The number of carbonyl (C=O) groups excluding carboxylic acids is 1. The molecule has 2 aliphatic heterocycles. The van der Waals surface area contributed by atoms with E-state index in [1.54, 1.807) is 12.4 Å². The summed E-state index contributed by atoms with van der Waals surface area (Å²) in [6, 6.07) is -0.0169. The molecule has 0 unspecified atom stereocenters. The van der Waals surface area contributed by atoms with Crippen LogP contribution >= 0.6 is 0 Å². The van der Waals surface area contributed by atoms with Crippen molar-refractivity contribution in [1.29, 1.82) is 0 Å². The fraction of sp³-hybridized carbons (Fsp3) is 0.619. The number of nitrogens with zero attached hydrogens (tertiary/aromatic N) is 2. The summed E-state index contributed by atoms with van der Waals surface area (Å²) >= 11 is 0. The zero-order valence-corrected chi connectivity index (χ0v) is 15.1. The van der Waals surface area contributed by atoms with E-state index in [-0.39, 0.29) is 18.1 Å². The highest BCUT2D eigenvalue weighted by molar-refractivity contribution is 5.85. The summed E-state index contributed by atoms with van der Waals surface area (Å²) in [5.74, 6) is 7.12. The molecular weight excluding hydrogens is 331 g/mol. The summed E-state index contributed by atoms with van der Waals surface area (Å²) in [6.45, 7) is 2.59. The third-order valence-electron chi connectivity index (χ3n) is 6.70. The highest BCUT2D eigenvalue weighted by Crippen LogP contribution is 2.60. The van der Waals surface area contributed by atoms with Crippen molar-refractivity contribution in [2.24, 2.45) is 5.41 Å². The predicted octanol–water partition coefficient (Wildman–Crippen LogP) is 3.55. The Bertz CT molecular complexity index is 832. The molecule has 1 saturated heterocycles. The maximum Gasteiger partial charge on any atom is 0.229 e. The van der Waals surface area contributed by atoms with E-state index in [2.05, 4.69) is 16.8 Å². The van der Waals surface area contributed by atoms with Crippen LogP contribution in [0.2, 0.25) is 0 Å². The Morgan fingerprint density at radius 1 is 1.38 bits per heavy atom. The van der Waals surface area contributed by atoms with Crippen molar-refractivity contribution in [3.8, 4) is 17.6 Å². The summed E-state index contributed by atoms with van der Waals surface area (Å²) in [6.07, 6.45) is 7.95. The summed E-state index contributed by atoms with van der Waals surface area (Å²) in [7, 11) is 0. The van der Waals surface area contributed by atoms with Gasteiger partial charge in [-0.3, -0.25) is 9.78 Å². The molecular formula is C21H23FN2O2. The monoisotopic (exact) mass is 354 g/mol. The van der Waals surface area contributed by atoms with Crippen LogP contribution in [-0.2, 0) is 4.79 Å². The van der Waals surface area contributed by atoms with E-state index in [1.165, 1.54) is 0 Å². The van der Waals surface area contributed by atoms with Crippen molar-refractivity contribution in [2.75, 3.05) is 6.54 Å². The van der Waals surface area contributed by atoms with Gasteiger partial charge >= 0.3 is 0 Å². The molecule has 4 aliphatic rings. The first-order valence-corrected chi connectivity index (χ1v) is 9.67. The number of pyridine rings is 1. The molecule has 26 heavy (non-hydrogen) atoms. The average molecular weight is 354 g/mol. The number of ether oxygens (including phenoxy) is 1. The number of fused-ring (bicyclic) bond motifs is 6. The zero-order chi connectivity index (χ0) is 17.9. The van der Waals surface area contributed by atoms with Crippen LogP contribution in [0, 0.1) is 17.3 Å². The van der Waals surface area contributed by atoms with Crippen LogP contribution in [0.25, 0.3) is 0 Å². The third kappa shape index (κ3) is 2.21. The quantitative estimate of drug-likeness (QED) is 0.725. The molecule has 1 amide bonds. The van der Waals surface area contributed by atoms with Gasteiger partial charge in [-0.05, 0) is 32.1 Å². The van der Waals surface area contributed by atoms with Gasteiger partial charge in [-0.25, -0.2) is 4.39 Å². The molecule has 2 aliphatic carbocycles. The van der Waals surface area contributed by atoms with Gasteiger partial charge in [0.15, 0.2) is 0 Å². The Kier molecular flexibility index (Phi) is 3.38. The van der Waals surface area contributed by atoms with Gasteiger partial charge in [0.25, 0.3) is 0 Å². The molecule has 5 rings (SSSR count). The van der Waals surface area contributed by atoms with Crippen LogP contribution in [-0.4, -0.2) is 34.1 Å². The topological polar surface area (TPSA) is 42.4 Å². The molecule has 3 fully saturated rings. The van der Waals surface area contributed by atoms with E-state index < -0.39 is 11.1 Å². The number of amides is 1. The average Bonchev–Trinajstić information content (AvgIpc) is 3.29. The summed E-state index contributed by atoms with van der Waals surface area (Å²) in [4.78, 5) is 19.7. The van der Waals surface area contributed by atoms with Gasteiger partial charge in [-0.15, -0.1) is 0 Å². The zero-order valence-electron chi connectivity index (χ0n) is 15.1. The molecule has 2 atom stereocenters. The van der Waals surface area contributed by atoms with Crippen LogP contribution in [0.3, 0.4) is 0 Å². The van der Waals surface area contributed by atoms with Crippen molar-refractivity contribution in [3.63, 3.8) is 0 Å². The van der Waals surface area contributed by atoms with E-state index in [0.29, 0.717) is 38.6 Å². The molecule has 0 radical (unpaired) electrons. The van der Waals surface area contributed by atoms with Crippen molar-refractivity contribution < 1.29 is 13.9 Å².